The number of aromatic nitrogens is 1. The quantitative estimate of drug-likeness (QED) is 0.610. The van der Waals surface area contributed by atoms with E-state index in [2.05, 4.69) is 4.98 Å². The Morgan fingerprint density at radius 3 is 3.20 bits per heavy atom. The number of carbonyl (C=O) groups excluding carboxylic acids is 1. The lowest BCUT2D eigenvalue weighted by molar-refractivity contribution is -0.144. The van der Waals surface area contributed by atoms with Gasteiger partial charge < -0.3 is 9.84 Å². The molecule has 0 bridgehead atoms. The first-order chi connectivity index (χ1) is 7.22. The summed E-state index contributed by atoms with van der Waals surface area (Å²) in [6.45, 7) is 2.10. The second-order valence-electron chi connectivity index (χ2n) is 2.77. The van der Waals surface area contributed by atoms with E-state index in [0.717, 1.165) is 4.34 Å². The molecule has 15 heavy (non-hydrogen) atoms. The van der Waals surface area contributed by atoms with Gasteiger partial charge in [0.1, 0.15) is 4.34 Å². The smallest absolute Gasteiger partial charge is 0.308 e. The summed E-state index contributed by atoms with van der Waals surface area (Å²) in [5.41, 5.74) is 0. The van der Waals surface area contributed by atoms with Crippen LogP contribution in [0.3, 0.4) is 0 Å². The molecule has 1 aromatic heterocycles. The molecule has 1 atom stereocenters. The number of carbonyl (C=O) groups is 1. The molecule has 0 amide bonds. The molecule has 6 heteroatoms. The summed E-state index contributed by atoms with van der Waals surface area (Å²) in [6, 6.07) is 0. The molecule has 1 aromatic rings. The standard InChI is InChI=1S/C9H13NO3S2/c1-2-13-8(12)5-7(11)6-15-9-10-3-4-14-9/h3-4,7,11H,2,5-6H2,1H3. The maximum absolute atomic E-state index is 11.0. The van der Waals surface area contributed by atoms with Crippen LogP contribution in [0.25, 0.3) is 0 Å². The van der Waals surface area contributed by atoms with E-state index in [1.54, 1.807) is 13.1 Å². The molecule has 0 radical (unpaired) electrons. The highest BCUT2D eigenvalue weighted by atomic mass is 32.2. The predicted octanol–water partition coefficient (Wildman–Crippen LogP) is 1.55. The molecule has 0 fully saturated rings. The fourth-order valence-electron chi connectivity index (χ4n) is 0.920. The zero-order valence-electron chi connectivity index (χ0n) is 8.38. The summed E-state index contributed by atoms with van der Waals surface area (Å²) in [6.07, 6.45) is 1.09. The Balaban J connectivity index is 2.18. The van der Waals surface area contributed by atoms with Gasteiger partial charge in [0.05, 0.1) is 19.1 Å². The number of rotatable bonds is 6. The van der Waals surface area contributed by atoms with Gasteiger partial charge in [-0.05, 0) is 6.92 Å². The van der Waals surface area contributed by atoms with E-state index in [4.69, 9.17) is 4.74 Å². The van der Waals surface area contributed by atoms with Crippen LogP contribution in [-0.2, 0) is 9.53 Å². The van der Waals surface area contributed by atoms with Crippen molar-refractivity contribution in [3.63, 3.8) is 0 Å². The van der Waals surface area contributed by atoms with Crippen LogP contribution in [0, 0.1) is 0 Å². The number of ether oxygens (including phenoxy) is 1. The van der Waals surface area contributed by atoms with Crippen molar-refractivity contribution in [2.45, 2.75) is 23.8 Å². The topological polar surface area (TPSA) is 59.4 Å². The Morgan fingerprint density at radius 2 is 2.60 bits per heavy atom. The van der Waals surface area contributed by atoms with E-state index in [1.165, 1.54) is 23.1 Å². The normalized spacial score (nSPS) is 12.4. The van der Waals surface area contributed by atoms with E-state index < -0.39 is 6.10 Å². The molecular weight excluding hydrogens is 234 g/mol. The number of thiazole rings is 1. The molecule has 4 nitrogen and oxygen atoms in total. The Bertz CT molecular complexity index is 290. The molecule has 1 heterocycles. The second kappa shape index (κ2) is 6.81. The number of aliphatic hydroxyl groups excluding tert-OH is 1. The lowest BCUT2D eigenvalue weighted by Crippen LogP contribution is -2.17. The largest absolute Gasteiger partial charge is 0.466 e. The van der Waals surface area contributed by atoms with E-state index in [0.29, 0.717) is 12.4 Å². The van der Waals surface area contributed by atoms with Gasteiger partial charge in [-0.25, -0.2) is 4.98 Å². The molecular formula is C9H13NO3S2. The van der Waals surface area contributed by atoms with Crippen LogP contribution in [0.1, 0.15) is 13.3 Å². The first kappa shape index (κ1) is 12.5. The van der Waals surface area contributed by atoms with Gasteiger partial charge in [0.2, 0.25) is 0 Å². The summed E-state index contributed by atoms with van der Waals surface area (Å²) in [5, 5.41) is 11.4. The highest BCUT2D eigenvalue weighted by Gasteiger charge is 2.12. The number of nitrogens with zero attached hydrogens (tertiary/aromatic N) is 1. The van der Waals surface area contributed by atoms with Crippen molar-refractivity contribution < 1.29 is 14.6 Å². The van der Waals surface area contributed by atoms with Gasteiger partial charge in [-0.2, -0.15) is 0 Å². The van der Waals surface area contributed by atoms with Gasteiger partial charge in [0.15, 0.2) is 0 Å². The Morgan fingerprint density at radius 1 is 1.80 bits per heavy atom. The third-order valence-corrected chi connectivity index (χ3v) is 3.63. The summed E-state index contributed by atoms with van der Waals surface area (Å²) in [4.78, 5) is 15.1. The van der Waals surface area contributed by atoms with Crippen molar-refractivity contribution in [2.24, 2.45) is 0 Å². The monoisotopic (exact) mass is 247 g/mol. The van der Waals surface area contributed by atoms with Crippen LogP contribution in [0.4, 0.5) is 0 Å². The third kappa shape index (κ3) is 5.15. The fourth-order valence-corrected chi connectivity index (χ4v) is 2.51. The minimum Gasteiger partial charge on any atom is -0.466 e. The zero-order chi connectivity index (χ0) is 11.1. The molecule has 0 aromatic carbocycles. The van der Waals surface area contributed by atoms with E-state index in [-0.39, 0.29) is 12.4 Å². The zero-order valence-corrected chi connectivity index (χ0v) is 10.0. The summed E-state index contributed by atoms with van der Waals surface area (Å²) in [5.74, 6) is 0.108. The van der Waals surface area contributed by atoms with Crippen LogP contribution < -0.4 is 0 Å². The first-order valence-corrected chi connectivity index (χ1v) is 6.45. The average Bonchev–Trinajstić information content (AvgIpc) is 2.67. The Kier molecular flexibility index (Phi) is 5.67. The van der Waals surface area contributed by atoms with Gasteiger partial charge in [-0.1, -0.05) is 11.8 Å². The van der Waals surface area contributed by atoms with Crippen molar-refractivity contribution in [2.75, 3.05) is 12.4 Å². The maximum atomic E-state index is 11.0. The van der Waals surface area contributed by atoms with E-state index >= 15 is 0 Å². The highest BCUT2D eigenvalue weighted by molar-refractivity contribution is 8.01. The third-order valence-electron chi connectivity index (χ3n) is 1.52. The first-order valence-electron chi connectivity index (χ1n) is 4.58. The van der Waals surface area contributed by atoms with Gasteiger partial charge in [0, 0.05) is 17.3 Å². The highest BCUT2D eigenvalue weighted by Crippen LogP contribution is 2.21. The predicted molar refractivity (Wildman–Crippen MR) is 60.1 cm³/mol. The fraction of sp³-hybridized carbons (Fsp3) is 0.556. The molecule has 0 saturated carbocycles. The summed E-state index contributed by atoms with van der Waals surface area (Å²) >= 11 is 2.96. The molecule has 1 unspecified atom stereocenters. The molecule has 0 saturated heterocycles. The van der Waals surface area contributed by atoms with E-state index in [1.807, 2.05) is 5.38 Å². The molecule has 0 aliphatic heterocycles. The van der Waals surface area contributed by atoms with Crippen molar-refractivity contribution in [3.05, 3.63) is 11.6 Å². The SMILES string of the molecule is CCOC(=O)CC(O)CSc1nccs1. The number of esters is 1. The molecule has 0 aliphatic rings. The summed E-state index contributed by atoms with van der Waals surface area (Å²) < 4.78 is 5.63. The van der Waals surface area contributed by atoms with Gasteiger partial charge >= 0.3 is 5.97 Å². The number of thioether (sulfide) groups is 1. The second-order valence-corrected chi connectivity index (χ2v) is 4.93. The molecule has 0 spiro atoms. The van der Waals surface area contributed by atoms with Crippen LogP contribution in [-0.4, -0.2) is 34.5 Å². The molecule has 84 valence electrons. The average molecular weight is 247 g/mol. The van der Waals surface area contributed by atoms with Crippen molar-refractivity contribution >= 4 is 29.1 Å². The lowest BCUT2D eigenvalue weighted by atomic mass is 10.3. The lowest BCUT2D eigenvalue weighted by Gasteiger charge is -2.07. The van der Waals surface area contributed by atoms with Crippen molar-refractivity contribution in [1.29, 1.82) is 0 Å². The van der Waals surface area contributed by atoms with Crippen LogP contribution in [0.2, 0.25) is 0 Å². The number of aliphatic hydroxyl groups is 1. The van der Waals surface area contributed by atoms with Crippen LogP contribution in [0.5, 0.6) is 0 Å². The molecule has 0 aliphatic carbocycles. The van der Waals surface area contributed by atoms with Crippen LogP contribution >= 0.6 is 23.1 Å². The van der Waals surface area contributed by atoms with Gasteiger partial charge in [-0.15, -0.1) is 11.3 Å². The van der Waals surface area contributed by atoms with E-state index in [9.17, 15) is 9.90 Å². The molecule has 1 rings (SSSR count). The van der Waals surface area contributed by atoms with Crippen LogP contribution in [0.15, 0.2) is 15.9 Å². The number of hydrogen-bond acceptors (Lipinski definition) is 6. The van der Waals surface area contributed by atoms with Crippen molar-refractivity contribution in [3.8, 4) is 0 Å². The number of hydrogen-bond donors (Lipinski definition) is 1. The molecule has 1 N–H and O–H groups in total. The van der Waals surface area contributed by atoms with Gasteiger partial charge in [-0.3, -0.25) is 4.79 Å². The summed E-state index contributed by atoms with van der Waals surface area (Å²) in [7, 11) is 0. The maximum Gasteiger partial charge on any atom is 0.308 e. The van der Waals surface area contributed by atoms with Crippen molar-refractivity contribution in [1.82, 2.24) is 4.98 Å². The Hall–Kier alpha value is -0.590. The minimum atomic E-state index is -0.669. The van der Waals surface area contributed by atoms with Gasteiger partial charge in [0.25, 0.3) is 0 Å². The Labute approximate surface area is 96.7 Å². The minimum absolute atomic E-state index is 0.0478.